The van der Waals surface area contributed by atoms with E-state index in [-0.39, 0.29) is 17.9 Å². The second-order valence-corrected chi connectivity index (χ2v) is 4.23. The summed E-state index contributed by atoms with van der Waals surface area (Å²) in [6.45, 7) is 8.03. The minimum absolute atomic E-state index is 0.147. The van der Waals surface area contributed by atoms with Gasteiger partial charge < -0.3 is 15.0 Å². The predicted octanol–water partition coefficient (Wildman–Crippen LogP) is 0.725. The van der Waals surface area contributed by atoms with Crippen molar-refractivity contribution < 1.29 is 9.53 Å². The molecule has 0 bridgehead atoms. The van der Waals surface area contributed by atoms with E-state index in [9.17, 15) is 4.79 Å². The molecule has 0 saturated carbocycles. The van der Waals surface area contributed by atoms with E-state index in [0.717, 1.165) is 13.1 Å². The standard InChI is InChI=1S/C11H24N2O2/c1-6-15-11(14)10(9(2)3)12-7-8-13(4)5/h9-10,12H,6-8H2,1-5H3. The number of hydrogen-bond donors (Lipinski definition) is 1. The molecule has 0 saturated heterocycles. The quantitative estimate of drug-likeness (QED) is 0.637. The van der Waals surface area contributed by atoms with Gasteiger partial charge in [0.05, 0.1) is 6.61 Å². The zero-order valence-corrected chi connectivity index (χ0v) is 10.5. The maximum absolute atomic E-state index is 11.6. The van der Waals surface area contributed by atoms with Gasteiger partial charge in [0, 0.05) is 13.1 Å². The van der Waals surface area contributed by atoms with Crippen LogP contribution in [0.3, 0.4) is 0 Å². The Morgan fingerprint density at radius 1 is 1.40 bits per heavy atom. The van der Waals surface area contributed by atoms with Crippen LogP contribution in [0.4, 0.5) is 0 Å². The number of likely N-dealkylation sites (N-methyl/N-ethyl adjacent to an activating group) is 1. The molecule has 1 atom stereocenters. The minimum atomic E-state index is -0.190. The number of rotatable bonds is 7. The number of nitrogens with one attached hydrogen (secondary N) is 1. The van der Waals surface area contributed by atoms with Crippen LogP contribution in [-0.4, -0.2) is 50.7 Å². The first-order valence-corrected chi connectivity index (χ1v) is 5.53. The Balaban J connectivity index is 3.99. The molecule has 0 aromatic carbocycles. The third-order valence-electron chi connectivity index (χ3n) is 2.13. The van der Waals surface area contributed by atoms with Crippen molar-refractivity contribution in [1.82, 2.24) is 10.2 Å². The summed E-state index contributed by atoms with van der Waals surface area (Å²) in [4.78, 5) is 13.6. The van der Waals surface area contributed by atoms with Gasteiger partial charge >= 0.3 is 5.97 Å². The van der Waals surface area contributed by atoms with Crippen LogP contribution in [0.2, 0.25) is 0 Å². The Labute approximate surface area is 93.0 Å². The van der Waals surface area contributed by atoms with Gasteiger partial charge in [-0.05, 0) is 26.9 Å². The van der Waals surface area contributed by atoms with Gasteiger partial charge in [-0.2, -0.15) is 0 Å². The van der Waals surface area contributed by atoms with Crippen molar-refractivity contribution in [2.45, 2.75) is 26.8 Å². The maximum atomic E-state index is 11.6. The second kappa shape index (κ2) is 7.65. The van der Waals surface area contributed by atoms with E-state index in [1.165, 1.54) is 0 Å². The lowest BCUT2D eigenvalue weighted by Crippen LogP contribution is -2.44. The summed E-state index contributed by atoms with van der Waals surface area (Å²) >= 11 is 0. The molecule has 1 N–H and O–H groups in total. The van der Waals surface area contributed by atoms with Crippen molar-refractivity contribution in [3.63, 3.8) is 0 Å². The highest BCUT2D eigenvalue weighted by molar-refractivity contribution is 5.76. The van der Waals surface area contributed by atoms with Crippen LogP contribution in [0.25, 0.3) is 0 Å². The lowest BCUT2D eigenvalue weighted by molar-refractivity contribution is -0.146. The molecule has 0 rings (SSSR count). The van der Waals surface area contributed by atoms with Crippen molar-refractivity contribution in [2.75, 3.05) is 33.8 Å². The van der Waals surface area contributed by atoms with E-state index >= 15 is 0 Å². The Hall–Kier alpha value is -0.610. The van der Waals surface area contributed by atoms with E-state index in [0.29, 0.717) is 6.61 Å². The van der Waals surface area contributed by atoms with Gasteiger partial charge in [0.2, 0.25) is 0 Å². The van der Waals surface area contributed by atoms with E-state index in [2.05, 4.69) is 10.2 Å². The van der Waals surface area contributed by atoms with E-state index in [1.54, 1.807) is 0 Å². The average molecular weight is 216 g/mol. The molecule has 0 fully saturated rings. The molecule has 0 aliphatic rings. The first-order valence-electron chi connectivity index (χ1n) is 5.53. The van der Waals surface area contributed by atoms with Crippen LogP contribution in [0, 0.1) is 5.92 Å². The van der Waals surface area contributed by atoms with Gasteiger partial charge in [0.1, 0.15) is 6.04 Å². The van der Waals surface area contributed by atoms with Gasteiger partial charge in [0.15, 0.2) is 0 Å². The molecule has 15 heavy (non-hydrogen) atoms. The van der Waals surface area contributed by atoms with E-state index in [4.69, 9.17) is 4.74 Å². The smallest absolute Gasteiger partial charge is 0.323 e. The number of carbonyl (C=O) groups is 1. The molecule has 90 valence electrons. The number of hydrogen-bond acceptors (Lipinski definition) is 4. The van der Waals surface area contributed by atoms with Crippen molar-refractivity contribution in [3.05, 3.63) is 0 Å². The molecule has 4 nitrogen and oxygen atoms in total. The Morgan fingerprint density at radius 2 is 2.00 bits per heavy atom. The van der Waals surface area contributed by atoms with Crippen LogP contribution >= 0.6 is 0 Å². The van der Waals surface area contributed by atoms with Crippen molar-refractivity contribution in [2.24, 2.45) is 5.92 Å². The Kier molecular flexibility index (Phi) is 7.34. The van der Waals surface area contributed by atoms with Crippen molar-refractivity contribution in [1.29, 1.82) is 0 Å². The molecule has 1 unspecified atom stereocenters. The monoisotopic (exact) mass is 216 g/mol. The molecule has 0 spiro atoms. The summed E-state index contributed by atoms with van der Waals surface area (Å²) in [5.74, 6) is 0.109. The van der Waals surface area contributed by atoms with Crippen LogP contribution in [0.5, 0.6) is 0 Å². The summed E-state index contributed by atoms with van der Waals surface area (Å²) in [5, 5.41) is 3.22. The van der Waals surface area contributed by atoms with Gasteiger partial charge in [-0.3, -0.25) is 4.79 Å². The molecule has 0 aromatic rings. The number of esters is 1. The first-order chi connectivity index (χ1) is 6.99. The normalized spacial score (nSPS) is 13.3. The lowest BCUT2D eigenvalue weighted by Gasteiger charge is -2.21. The molecule has 0 amide bonds. The third kappa shape index (κ3) is 6.47. The summed E-state index contributed by atoms with van der Waals surface area (Å²) in [5.41, 5.74) is 0. The SMILES string of the molecule is CCOC(=O)C(NCCN(C)C)C(C)C. The van der Waals surface area contributed by atoms with Gasteiger partial charge in [-0.1, -0.05) is 13.8 Å². The minimum Gasteiger partial charge on any atom is -0.465 e. The van der Waals surface area contributed by atoms with Crippen LogP contribution < -0.4 is 5.32 Å². The van der Waals surface area contributed by atoms with Gasteiger partial charge in [0.25, 0.3) is 0 Å². The van der Waals surface area contributed by atoms with Crippen molar-refractivity contribution in [3.8, 4) is 0 Å². The molecule has 0 aromatic heterocycles. The zero-order chi connectivity index (χ0) is 11.8. The van der Waals surface area contributed by atoms with Crippen LogP contribution in [-0.2, 0) is 9.53 Å². The molecular formula is C11H24N2O2. The number of ether oxygens (including phenoxy) is 1. The first kappa shape index (κ1) is 14.4. The summed E-state index contributed by atoms with van der Waals surface area (Å²) in [6.07, 6.45) is 0. The molecule has 4 heteroatoms. The Morgan fingerprint density at radius 3 is 2.40 bits per heavy atom. The number of nitrogens with zero attached hydrogens (tertiary/aromatic N) is 1. The average Bonchev–Trinajstić information content (AvgIpc) is 2.11. The van der Waals surface area contributed by atoms with E-state index in [1.807, 2.05) is 34.9 Å². The maximum Gasteiger partial charge on any atom is 0.323 e. The van der Waals surface area contributed by atoms with Crippen molar-refractivity contribution >= 4 is 5.97 Å². The highest BCUT2D eigenvalue weighted by Crippen LogP contribution is 2.03. The summed E-state index contributed by atoms with van der Waals surface area (Å²) in [7, 11) is 4.02. The number of carbonyl (C=O) groups excluding carboxylic acids is 1. The lowest BCUT2D eigenvalue weighted by atomic mass is 10.0. The van der Waals surface area contributed by atoms with Crippen LogP contribution in [0.15, 0.2) is 0 Å². The third-order valence-corrected chi connectivity index (χ3v) is 2.13. The molecule has 0 radical (unpaired) electrons. The van der Waals surface area contributed by atoms with Gasteiger partial charge in [-0.15, -0.1) is 0 Å². The molecule has 0 heterocycles. The fraction of sp³-hybridized carbons (Fsp3) is 0.909. The highest BCUT2D eigenvalue weighted by Gasteiger charge is 2.22. The fourth-order valence-electron chi connectivity index (χ4n) is 1.27. The second-order valence-electron chi connectivity index (χ2n) is 4.23. The Bertz CT molecular complexity index is 181. The molecule has 0 aliphatic heterocycles. The fourth-order valence-corrected chi connectivity index (χ4v) is 1.27. The predicted molar refractivity (Wildman–Crippen MR) is 61.8 cm³/mol. The van der Waals surface area contributed by atoms with Gasteiger partial charge in [-0.25, -0.2) is 0 Å². The largest absolute Gasteiger partial charge is 0.465 e. The highest BCUT2D eigenvalue weighted by atomic mass is 16.5. The summed E-state index contributed by atoms with van der Waals surface area (Å²) in [6, 6.07) is -0.190. The molecular weight excluding hydrogens is 192 g/mol. The zero-order valence-electron chi connectivity index (χ0n) is 10.5. The topological polar surface area (TPSA) is 41.6 Å². The summed E-state index contributed by atoms with van der Waals surface area (Å²) < 4.78 is 5.01. The van der Waals surface area contributed by atoms with E-state index < -0.39 is 0 Å². The van der Waals surface area contributed by atoms with Crippen LogP contribution in [0.1, 0.15) is 20.8 Å². The molecule has 0 aliphatic carbocycles.